The maximum absolute atomic E-state index is 13.0. The molecule has 0 aliphatic heterocycles. The lowest BCUT2D eigenvalue weighted by atomic mass is 10.2. The molecule has 0 amide bonds. The van der Waals surface area contributed by atoms with E-state index in [4.69, 9.17) is 8.85 Å². The van der Waals surface area contributed by atoms with Crippen LogP contribution in [0.5, 0.6) is 0 Å². The van der Waals surface area contributed by atoms with Crippen LogP contribution in [0.3, 0.4) is 0 Å². The summed E-state index contributed by atoms with van der Waals surface area (Å²) in [6.45, 7) is 15.2. The molecule has 0 aromatic heterocycles. The van der Waals surface area contributed by atoms with E-state index in [0.29, 0.717) is 15.3 Å². The summed E-state index contributed by atoms with van der Waals surface area (Å²) in [6, 6.07) is 3.09. The topological polar surface area (TPSA) is 35.5 Å². The van der Waals surface area contributed by atoms with Crippen LogP contribution in [-0.2, 0) is 13.6 Å². The van der Waals surface area contributed by atoms with Gasteiger partial charge < -0.3 is 8.85 Å². The molecule has 0 rings (SSSR count). The summed E-state index contributed by atoms with van der Waals surface area (Å²) in [7, 11) is -1.69. The van der Waals surface area contributed by atoms with Crippen molar-refractivity contribution in [1.82, 2.24) is 0 Å². The Hall–Kier alpha value is -0.136. The Kier molecular flexibility index (Phi) is 16.6. The van der Waals surface area contributed by atoms with E-state index in [1.54, 1.807) is 0 Å². The van der Waals surface area contributed by atoms with Crippen molar-refractivity contribution in [2.24, 2.45) is 5.92 Å². The summed E-state index contributed by atoms with van der Waals surface area (Å²) in [5, 5.41) is 0. The highest BCUT2D eigenvalue weighted by Gasteiger charge is 2.43. The van der Waals surface area contributed by atoms with E-state index in [9.17, 15) is 4.79 Å². The quantitative estimate of drug-likeness (QED) is 0.167. The van der Waals surface area contributed by atoms with Gasteiger partial charge in [0.15, 0.2) is 0 Å². The van der Waals surface area contributed by atoms with Crippen molar-refractivity contribution in [2.75, 3.05) is 0 Å². The van der Waals surface area contributed by atoms with Gasteiger partial charge in [0, 0.05) is 6.10 Å². The van der Waals surface area contributed by atoms with Gasteiger partial charge >= 0.3 is 0 Å². The van der Waals surface area contributed by atoms with E-state index in [1.807, 2.05) is 20.8 Å². The number of unbranched alkanes of at least 4 members (excludes halogenated alkanes) is 6. The number of carbonyl (C=O) groups is 1. The summed E-state index contributed by atoms with van der Waals surface area (Å²) < 4.78 is 12.2. The SMILES string of the molecule is CCCCCC[Si](CCCCCC)(OC(=O)C(C)C[Si]OC(C)C)C(C)CC. The van der Waals surface area contributed by atoms with Crippen LogP contribution in [0.1, 0.15) is 106 Å². The van der Waals surface area contributed by atoms with Crippen LogP contribution in [0.25, 0.3) is 0 Å². The highest BCUT2D eigenvalue weighted by atomic mass is 28.4. The Labute approximate surface area is 179 Å². The molecule has 5 heteroatoms. The van der Waals surface area contributed by atoms with Crippen molar-refractivity contribution in [1.29, 1.82) is 0 Å². The molecule has 0 saturated heterocycles. The highest BCUT2D eigenvalue weighted by Crippen LogP contribution is 2.37. The van der Waals surface area contributed by atoms with E-state index in [0.717, 1.165) is 24.6 Å². The van der Waals surface area contributed by atoms with Gasteiger partial charge in [-0.3, -0.25) is 4.79 Å². The Morgan fingerprint density at radius 1 is 0.857 bits per heavy atom. The molecule has 3 nitrogen and oxygen atoms in total. The molecule has 0 aromatic carbocycles. The third-order valence-corrected chi connectivity index (χ3v) is 12.5. The molecule has 0 aliphatic rings. The van der Waals surface area contributed by atoms with Gasteiger partial charge in [-0.15, -0.1) is 0 Å². The van der Waals surface area contributed by atoms with Crippen LogP contribution in [0.4, 0.5) is 0 Å². The van der Waals surface area contributed by atoms with Gasteiger partial charge in [-0.25, -0.2) is 0 Å². The van der Waals surface area contributed by atoms with E-state index in [1.165, 1.54) is 51.4 Å². The second-order valence-electron chi connectivity index (χ2n) is 8.83. The molecule has 0 aliphatic carbocycles. The normalized spacial score (nSPS) is 14.3. The predicted molar refractivity (Wildman–Crippen MR) is 125 cm³/mol. The molecule has 2 radical (unpaired) electrons. The summed E-state index contributed by atoms with van der Waals surface area (Å²) >= 11 is 0. The fourth-order valence-electron chi connectivity index (χ4n) is 3.62. The van der Waals surface area contributed by atoms with Crippen LogP contribution in [0.2, 0.25) is 23.7 Å². The van der Waals surface area contributed by atoms with Crippen molar-refractivity contribution < 1.29 is 13.6 Å². The molecule has 0 fully saturated rings. The van der Waals surface area contributed by atoms with Crippen LogP contribution in [0, 0.1) is 5.92 Å². The first-order valence-corrected chi connectivity index (χ1v) is 15.5. The number of hydrogen-bond donors (Lipinski definition) is 0. The second-order valence-corrected chi connectivity index (χ2v) is 14.1. The van der Waals surface area contributed by atoms with E-state index < -0.39 is 8.32 Å². The molecule has 166 valence electrons. The molecular formula is C23H48O3Si2. The maximum atomic E-state index is 13.0. The molecule has 0 bridgehead atoms. The summed E-state index contributed by atoms with van der Waals surface area (Å²) in [4.78, 5) is 13.0. The number of carbonyl (C=O) groups excluding carboxylic acids is 1. The lowest BCUT2D eigenvalue weighted by Crippen LogP contribution is -2.45. The molecule has 0 heterocycles. The van der Waals surface area contributed by atoms with E-state index in [2.05, 4.69) is 27.7 Å². The van der Waals surface area contributed by atoms with Crippen LogP contribution < -0.4 is 0 Å². The molecule has 0 aromatic rings. The first-order valence-electron chi connectivity index (χ1n) is 11.9. The molecule has 28 heavy (non-hydrogen) atoms. The Morgan fingerprint density at radius 3 is 1.82 bits per heavy atom. The summed E-state index contributed by atoms with van der Waals surface area (Å²) in [6.07, 6.45) is 11.4. The Morgan fingerprint density at radius 2 is 1.39 bits per heavy atom. The average Bonchev–Trinajstić information content (AvgIpc) is 2.67. The minimum atomic E-state index is -2.07. The zero-order chi connectivity index (χ0) is 21.4. The van der Waals surface area contributed by atoms with Crippen molar-refractivity contribution >= 4 is 24.0 Å². The molecule has 2 atom stereocenters. The lowest BCUT2D eigenvalue weighted by Gasteiger charge is -2.37. The largest absolute Gasteiger partial charge is 0.519 e. The minimum Gasteiger partial charge on any atom is -0.519 e. The van der Waals surface area contributed by atoms with Crippen LogP contribution in [-0.4, -0.2) is 30.2 Å². The average molecular weight is 429 g/mol. The third kappa shape index (κ3) is 11.8. The van der Waals surface area contributed by atoms with Gasteiger partial charge in [0.2, 0.25) is 9.76 Å². The lowest BCUT2D eigenvalue weighted by molar-refractivity contribution is -0.139. The predicted octanol–water partition coefficient (Wildman–Crippen LogP) is 7.53. The first kappa shape index (κ1) is 27.9. The number of hydrogen-bond acceptors (Lipinski definition) is 3. The van der Waals surface area contributed by atoms with Crippen LogP contribution >= 0.6 is 0 Å². The number of rotatable bonds is 18. The maximum Gasteiger partial charge on any atom is 0.295 e. The Balaban J connectivity index is 5.08. The molecule has 0 N–H and O–H groups in total. The monoisotopic (exact) mass is 428 g/mol. The second kappa shape index (κ2) is 16.6. The Bertz CT molecular complexity index is 376. The smallest absolute Gasteiger partial charge is 0.295 e. The summed E-state index contributed by atoms with van der Waals surface area (Å²) in [5.74, 6) is -0.0166. The fourth-order valence-corrected chi connectivity index (χ4v) is 9.15. The van der Waals surface area contributed by atoms with Gasteiger partial charge in [0.25, 0.3) is 14.3 Å². The van der Waals surface area contributed by atoms with E-state index >= 15 is 0 Å². The van der Waals surface area contributed by atoms with Crippen molar-refractivity contribution in [3.63, 3.8) is 0 Å². The minimum absolute atomic E-state index is 0.0396. The zero-order valence-electron chi connectivity index (χ0n) is 19.9. The van der Waals surface area contributed by atoms with Gasteiger partial charge in [-0.1, -0.05) is 92.4 Å². The van der Waals surface area contributed by atoms with E-state index in [-0.39, 0.29) is 18.0 Å². The van der Waals surface area contributed by atoms with Crippen molar-refractivity contribution in [3.8, 4) is 0 Å². The molecule has 0 spiro atoms. The molecule has 0 saturated carbocycles. The van der Waals surface area contributed by atoms with Gasteiger partial charge in [0.05, 0.1) is 5.92 Å². The molecule has 2 unspecified atom stereocenters. The highest BCUT2D eigenvalue weighted by molar-refractivity contribution is 6.76. The van der Waals surface area contributed by atoms with Gasteiger partial charge in [-0.2, -0.15) is 0 Å². The first-order chi connectivity index (χ1) is 13.3. The van der Waals surface area contributed by atoms with Crippen LogP contribution in [0.15, 0.2) is 0 Å². The van der Waals surface area contributed by atoms with Gasteiger partial charge in [0.1, 0.15) is 0 Å². The van der Waals surface area contributed by atoms with Gasteiger partial charge in [-0.05, 0) is 37.5 Å². The molecular weight excluding hydrogens is 380 g/mol. The summed E-state index contributed by atoms with van der Waals surface area (Å²) in [5.41, 5.74) is 0.543. The van der Waals surface area contributed by atoms with Crippen molar-refractivity contribution in [2.45, 2.75) is 136 Å². The zero-order valence-corrected chi connectivity index (χ0v) is 21.9. The van der Waals surface area contributed by atoms with Crippen molar-refractivity contribution in [3.05, 3.63) is 0 Å². The fraction of sp³-hybridized carbons (Fsp3) is 0.957. The standard InChI is InChI=1S/C23H48O3Si2/c1-8-11-13-15-17-28(22(7)10-3,18-16-14-12-9-2)26-23(24)21(6)19-27-25-20(4)5/h20-22H,8-19H2,1-7H3. The third-order valence-electron chi connectivity index (χ3n) is 5.83.